The van der Waals surface area contributed by atoms with E-state index >= 15 is 0 Å². The second-order valence-corrected chi connectivity index (χ2v) is 3.55. The number of hydrogen-bond acceptors (Lipinski definition) is 3. The fourth-order valence-electron chi connectivity index (χ4n) is 0.967. The van der Waals surface area contributed by atoms with Crippen molar-refractivity contribution < 1.29 is 9.32 Å². The van der Waals surface area contributed by atoms with Crippen molar-refractivity contribution in [3.05, 3.63) is 18.0 Å². The molecule has 0 aromatic carbocycles. The van der Waals surface area contributed by atoms with Gasteiger partial charge in [-0.25, -0.2) is 0 Å². The van der Waals surface area contributed by atoms with Gasteiger partial charge in [-0.3, -0.25) is 4.79 Å². The van der Waals surface area contributed by atoms with E-state index in [4.69, 9.17) is 11.6 Å². The molecule has 4 nitrogen and oxygen atoms in total. The van der Waals surface area contributed by atoms with Crippen molar-refractivity contribution in [1.29, 1.82) is 0 Å². The predicted molar refractivity (Wildman–Crippen MR) is 53.4 cm³/mol. The number of alkyl halides is 1. The zero-order chi connectivity index (χ0) is 10.4. The molecule has 1 amide bonds. The van der Waals surface area contributed by atoms with Crippen LogP contribution in [0.2, 0.25) is 0 Å². The van der Waals surface area contributed by atoms with Gasteiger partial charge in [-0.15, -0.1) is 11.6 Å². The van der Waals surface area contributed by atoms with Gasteiger partial charge < -0.3 is 9.84 Å². The highest BCUT2D eigenvalue weighted by molar-refractivity contribution is 6.20. The molecule has 0 aliphatic rings. The monoisotopic (exact) mass is 216 g/mol. The van der Waals surface area contributed by atoms with Crippen molar-refractivity contribution in [3.63, 3.8) is 0 Å². The van der Waals surface area contributed by atoms with Gasteiger partial charge in [-0.1, -0.05) is 12.1 Å². The Hall–Kier alpha value is -1.03. The molecule has 1 aromatic rings. The molecule has 0 radical (unpaired) electrons. The zero-order valence-electron chi connectivity index (χ0n) is 8.00. The summed E-state index contributed by atoms with van der Waals surface area (Å²) in [4.78, 5) is 11.3. The molecule has 0 spiro atoms. The standard InChI is InChI=1S/C9H13ClN2O2/c1-2-7(10)3-5-11-9(13)8-4-6-14-12-8/h4,6-7H,2-3,5H2,1H3,(H,11,13). The van der Waals surface area contributed by atoms with Gasteiger partial charge in [-0.05, 0) is 12.8 Å². The molecule has 78 valence electrons. The van der Waals surface area contributed by atoms with Crippen LogP contribution in [0, 0.1) is 0 Å². The van der Waals surface area contributed by atoms with E-state index in [0.717, 1.165) is 12.8 Å². The number of aromatic nitrogens is 1. The lowest BCUT2D eigenvalue weighted by Gasteiger charge is -2.06. The minimum absolute atomic E-state index is 0.118. The molecule has 1 N–H and O–H groups in total. The third-order valence-electron chi connectivity index (χ3n) is 1.86. The first-order chi connectivity index (χ1) is 6.74. The molecule has 0 bridgehead atoms. The maximum atomic E-state index is 11.3. The molecule has 0 fully saturated rings. The molecule has 0 saturated carbocycles. The van der Waals surface area contributed by atoms with Crippen LogP contribution in [-0.2, 0) is 0 Å². The minimum atomic E-state index is -0.223. The smallest absolute Gasteiger partial charge is 0.273 e. The normalized spacial score (nSPS) is 12.4. The number of rotatable bonds is 5. The molecular formula is C9H13ClN2O2. The van der Waals surface area contributed by atoms with Crippen LogP contribution in [0.25, 0.3) is 0 Å². The van der Waals surface area contributed by atoms with Gasteiger partial charge in [0.25, 0.3) is 5.91 Å². The van der Waals surface area contributed by atoms with Gasteiger partial charge >= 0.3 is 0 Å². The SMILES string of the molecule is CCC(Cl)CCNC(=O)c1ccon1. The Balaban J connectivity index is 2.23. The van der Waals surface area contributed by atoms with E-state index in [1.807, 2.05) is 6.92 Å². The lowest BCUT2D eigenvalue weighted by atomic mass is 10.2. The lowest BCUT2D eigenvalue weighted by Crippen LogP contribution is -2.26. The van der Waals surface area contributed by atoms with Crippen molar-refractivity contribution in [2.75, 3.05) is 6.54 Å². The number of carbonyl (C=O) groups excluding carboxylic acids is 1. The van der Waals surface area contributed by atoms with Crippen LogP contribution in [-0.4, -0.2) is 23.0 Å². The number of carbonyl (C=O) groups is 1. The van der Waals surface area contributed by atoms with Crippen LogP contribution in [0.4, 0.5) is 0 Å². The summed E-state index contributed by atoms with van der Waals surface area (Å²) in [6, 6.07) is 1.52. The number of nitrogens with one attached hydrogen (secondary N) is 1. The minimum Gasteiger partial charge on any atom is -0.364 e. The average molecular weight is 217 g/mol. The first-order valence-corrected chi connectivity index (χ1v) is 5.00. The Morgan fingerprint density at radius 1 is 1.79 bits per heavy atom. The highest BCUT2D eigenvalue weighted by Gasteiger charge is 2.08. The van der Waals surface area contributed by atoms with Crippen molar-refractivity contribution in [3.8, 4) is 0 Å². The van der Waals surface area contributed by atoms with Crippen LogP contribution in [0.15, 0.2) is 16.9 Å². The second-order valence-electron chi connectivity index (χ2n) is 2.93. The van der Waals surface area contributed by atoms with Gasteiger partial charge in [0.2, 0.25) is 0 Å². The molecular weight excluding hydrogens is 204 g/mol. The molecule has 1 aromatic heterocycles. The maximum absolute atomic E-state index is 11.3. The van der Waals surface area contributed by atoms with Crippen LogP contribution < -0.4 is 5.32 Å². The maximum Gasteiger partial charge on any atom is 0.273 e. The third kappa shape index (κ3) is 3.38. The molecule has 1 unspecified atom stereocenters. The molecule has 0 saturated heterocycles. The Morgan fingerprint density at radius 2 is 2.57 bits per heavy atom. The van der Waals surface area contributed by atoms with Gasteiger partial charge in [0.05, 0.1) is 0 Å². The number of hydrogen-bond donors (Lipinski definition) is 1. The Kier molecular flexibility index (Phi) is 4.46. The fourth-order valence-corrected chi connectivity index (χ4v) is 1.08. The first-order valence-electron chi connectivity index (χ1n) is 4.56. The molecule has 14 heavy (non-hydrogen) atoms. The predicted octanol–water partition coefficient (Wildman–Crippen LogP) is 1.81. The number of nitrogens with zero attached hydrogens (tertiary/aromatic N) is 1. The van der Waals surface area contributed by atoms with Crippen molar-refractivity contribution >= 4 is 17.5 Å². The van der Waals surface area contributed by atoms with E-state index in [0.29, 0.717) is 12.2 Å². The van der Waals surface area contributed by atoms with Crippen molar-refractivity contribution in [2.45, 2.75) is 25.1 Å². The summed E-state index contributed by atoms with van der Waals surface area (Å²) < 4.78 is 4.55. The van der Waals surface area contributed by atoms with Gasteiger partial charge in [0.15, 0.2) is 5.69 Å². The molecule has 1 atom stereocenters. The highest BCUT2D eigenvalue weighted by Crippen LogP contribution is 2.04. The summed E-state index contributed by atoms with van der Waals surface area (Å²) in [6.45, 7) is 2.57. The summed E-state index contributed by atoms with van der Waals surface area (Å²) in [5.41, 5.74) is 0.299. The quantitative estimate of drug-likeness (QED) is 0.764. The van der Waals surface area contributed by atoms with E-state index in [1.54, 1.807) is 0 Å². The van der Waals surface area contributed by atoms with Crippen LogP contribution >= 0.6 is 11.6 Å². The molecule has 5 heteroatoms. The molecule has 1 heterocycles. The Bertz CT molecular complexity index is 274. The van der Waals surface area contributed by atoms with E-state index < -0.39 is 0 Å². The average Bonchev–Trinajstić information content (AvgIpc) is 2.70. The molecule has 1 rings (SSSR count). The van der Waals surface area contributed by atoms with Gasteiger partial charge in [0.1, 0.15) is 6.26 Å². The van der Waals surface area contributed by atoms with Crippen molar-refractivity contribution in [1.82, 2.24) is 10.5 Å². The first kappa shape index (κ1) is 11.0. The summed E-state index contributed by atoms with van der Waals surface area (Å²) in [6.07, 6.45) is 3.04. The number of amides is 1. The van der Waals surface area contributed by atoms with E-state index in [2.05, 4.69) is 15.0 Å². The van der Waals surface area contributed by atoms with E-state index in [9.17, 15) is 4.79 Å². The summed E-state index contributed by atoms with van der Waals surface area (Å²) >= 11 is 5.89. The second kappa shape index (κ2) is 5.65. The van der Waals surface area contributed by atoms with E-state index in [-0.39, 0.29) is 11.3 Å². The summed E-state index contributed by atoms with van der Waals surface area (Å²) in [7, 11) is 0. The number of halogens is 1. The van der Waals surface area contributed by atoms with Crippen molar-refractivity contribution in [2.24, 2.45) is 0 Å². The largest absolute Gasteiger partial charge is 0.364 e. The third-order valence-corrected chi connectivity index (χ3v) is 2.38. The lowest BCUT2D eigenvalue weighted by molar-refractivity contribution is 0.0944. The van der Waals surface area contributed by atoms with Crippen LogP contribution in [0.5, 0.6) is 0 Å². The molecule has 0 aliphatic heterocycles. The summed E-state index contributed by atoms with van der Waals surface area (Å²) in [5.74, 6) is -0.223. The van der Waals surface area contributed by atoms with Gasteiger partial charge in [-0.2, -0.15) is 0 Å². The van der Waals surface area contributed by atoms with E-state index in [1.165, 1.54) is 12.3 Å². The summed E-state index contributed by atoms with van der Waals surface area (Å²) in [5, 5.41) is 6.34. The zero-order valence-corrected chi connectivity index (χ0v) is 8.75. The molecule has 0 aliphatic carbocycles. The van der Waals surface area contributed by atoms with Gasteiger partial charge in [0, 0.05) is 18.0 Å². The topological polar surface area (TPSA) is 55.1 Å². The Morgan fingerprint density at radius 3 is 3.14 bits per heavy atom. The van der Waals surface area contributed by atoms with Crippen LogP contribution in [0.3, 0.4) is 0 Å². The Labute approximate surface area is 87.6 Å². The van der Waals surface area contributed by atoms with Crippen LogP contribution in [0.1, 0.15) is 30.3 Å². The highest BCUT2D eigenvalue weighted by atomic mass is 35.5. The fraction of sp³-hybridized carbons (Fsp3) is 0.556.